The number of aliphatic hydroxyl groups is 1. The molecule has 2 atom stereocenters. The Hall–Kier alpha value is -4.49. The number of carboxylic acids is 1. The van der Waals surface area contributed by atoms with Crippen LogP contribution in [-0.4, -0.2) is 71.3 Å². The lowest BCUT2D eigenvalue weighted by molar-refractivity contribution is -0.156. The predicted octanol–water partition coefficient (Wildman–Crippen LogP) is 4.30. The number of aliphatic hydroxyl groups excluding tert-OH is 1. The van der Waals surface area contributed by atoms with Gasteiger partial charge in [-0.15, -0.1) is 0 Å². The van der Waals surface area contributed by atoms with E-state index in [0.717, 1.165) is 12.8 Å². The third-order valence-corrected chi connectivity index (χ3v) is 6.78. The number of hydrogen-bond acceptors (Lipinski definition) is 11. The summed E-state index contributed by atoms with van der Waals surface area (Å²) in [6.45, 7) is 11.8. The van der Waals surface area contributed by atoms with E-state index in [0.29, 0.717) is 23.8 Å². The van der Waals surface area contributed by atoms with E-state index in [2.05, 4.69) is 22.2 Å². The smallest absolute Gasteiger partial charge is 0.408 e. The Balaban J connectivity index is 1.90. The maximum Gasteiger partial charge on any atom is 0.408 e. The standard InChI is InChI=1S/C32H41N3O10/c1-8-19-13-22(28(37)38)21(14-24(19)42-7)20-11-12-23(27(36)33-15-18-9-10-18)34-26(20)30(40)44-16-43-29(39)25(17(2)3)35-31(41)45-32(4,5)6/h8,11-14,17-18,25,27,33,36H,1,9-10,15-16H2,2-7H3,(H,35,41)(H,37,38)/t25-,27?/m0/s1. The number of nitrogens with zero attached hydrogens (tertiary/aromatic N) is 1. The summed E-state index contributed by atoms with van der Waals surface area (Å²) in [6, 6.07) is 4.60. The van der Waals surface area contributed by atoms with E-state index in [1.807, 2.05) is 0 Å². The fraction of sp³-hybridized carbons (Fsp3) is 0.469. The number of nitrogens with one attached hydrogen (secondary N) is 2. The molecule has 1 unspecified atom stereocenters. The van der Waals surface area contributed by atoms with Crippen LogP contribution in [0.1, 0.15) is 85.8 Å². The first kappa shape index (κ1) is 35.0. The first-order chi connectivity index (χ1) is 21.1. The molecule has 0 aliphatic heterocycles. The number of pyridine rings is 1. The van der Waals surface area contributed by atoms with E-state index in [-0.39, 0.29) is 28.1 Å². The van der Waals surface area contributed by atoms with E-state index in [1.165, 1.54) is 37.5 Å². The van der Waals surface area contributed by atoms with Gasteiger partial charge in [0.25, 0.3) is 0 Å². The predicted molar refractivity (Wildman–Crippen MR) is 163 cm³/mol. The zero-order valence-corrected chi connectivity index (χ0v) is 26.3. The lowest BCUT2D eigenvalue weighted by atomic mass is 9.95. The molecule has 13 heteroatoms. The Morgan fingerprint density at radius 2 is 1.80 bits per heavy atom. The van der Waals surface area contributed by atoms with Crippen molar-refractivity contribution in [3.8, 4) is 16.9 Å². The highest BCUT2D eigenvalue weighted by Crippen LogP contribution is 2.34. The number of carbonyl (C=O) groups is 4. The Labute approximate surface area is 261 Å². The Bertz CT molecular complexity index is 1430. The van der Waals surface area contributed by atoms with Gasteiger partial charge in [0.05, 0.1) is 18.4 Å². The molecule has 1 aliphatic carbocycles. The molecule has 1 aromatic heterocycles. The molecule has 1 aliphatic rings. The van der Waals surface area contributed by atoms with Crippen LogP contribution in [0.3, 0.4) is 0 Å². The van der Waals surface area contributed by atoms with Gasteiger partial charge < -0.3 is 34.5 Å². The second kappa shape index (κ2) is 15.0. The van der Waals surface area contributed by atoms with E-state index in [1.54, 1.807) is 34.6 Å². The van der Waals surface area contributed by atoms with Crippen LogP contribution in [0, 0.1) is 11.8 Å². The highest BCUT2D eigenvalue weighted by molar-refractivity contribution is 6.02. The zero-order chi connectivity index (χ0) is 33.5. The monoisotopic (exact) mass is 627 g/mol. The molecule has 2 aromatic rings. The lowest BCUT2D eigenvalue weighted by Crippen LogP contribution is -2.47. The number of benzene rings is 1. The maximum absolute atomic E-state index is 13.4. The van der Waals surface area contributed by atoms with E-state index in [9.17, 15) is 29.4 Å². The first-order valence-corrected chi connectivity index (χ1v) is 14.5. The average molecular weight is 628 g/mol. The molecule has 1 saturated carbocycles. The molecule has 244 valence electrons. The number of alkyl carbamates (subject to hydrolysis) is 1. The van der Waals surface area contributed by atoms with Crippen LogP contribution in [-0.2, 0) is 19.0 Å². The quantitative estimate of drug-likeness (QED) is 0.172. The van der Waals surface area contributed by atoms with Gasteiger partial charge >= 0.3 is 24.0 Å². The molecule has 0 bridgehead atoms. The van der Waals surface area contributed by atoms with Crippen molar-refractivity contribution in [3.63, 3.8) is 0 Å². The number of rotatable bonds is 14. The summed E-state index contributed by atoms with van der Waals surface area (Å²) in [7, 11) is 1.40. The number of aromatic nitrogens is 1. The minimum absolute atomic E-state index is 0.0717. The van der Waals surface area contributed by atoms with Crippen LogP contribution in [0.25, 0.3) is 17.2 Å². The molecule has 0 radical (unpaired) electrons. The minimum Gasteiger partial charge on any atom is -0.496 e. The fourth-order valence-electron chi connectivity index (χ4n) is 4.27. The number of aromatic carboxylic acids is 1. The van der Waals surface area contributed by atoms with Gasteiger partial charge in [-0.3, -0.25) is 5.32 Å². The van der Waals surface area contributed by atoms with Crippen LogP contribution in [0.4, 0.5) is 4.79 Å². The molecule has 13 nitrogen and oxygen atoms in total. The van der Waals surface area contributed by atoms with E-state index >= 15 is 0 Å². The summed E-state index contributed by atoms with van der Waals surface area (Å²) >= 11 is 0. The number of hydrogen-bond donors (Lipinski definition) is 4. The summed E-state index contributed by atoms with van der Waals surface area (Å²) < 4.78 is 21.0. The molecular formula is C32H41N3O10. The van der Waals surface area contributed by atoms with Gasteiger partial charge in [0, 0.05) is 23.2 Å². The van der Waals surface area contributed by atoms with Crippen LogP contribution < -0.4 is 15.4 Å². The number of methoxy groups -OCH3 is 1. The SMILES string of the molecule is C=Cc1cc(C(=O)O)c(-c2ccc(C(O)NCC3CC3)nc2C(=O)OCOC(=O)[C@@H](NC(=O)OC(C)(C)C)C(C)C)cc1OC. The van der Waals surface area contributed by atoms with Gasteiger partial charge in [0.15, 0.2) is 5.69 Å². The van der Waals surface area contributed by atoms with Gasteiger partial charge in [-0.2, -0.15) is 0 Å². The van der Waals surface area contributed by atoms with Gasteiger partial charge in [0.2, 0.25) is 6.79 Å². The van der Waals surface area contributed by atoms with Crippen LogP contribution >= 0.6 is 0 Å². The van der Waals surface area contributed by atoms with Crippen LogP contribution in [0.15, 0.2) is 30.8 Å². The molecule has 0 saturated heterocycles. The van der Waals surface area contributed by atoms with Crippen molar-refractivity contribution in [2.24, 2.45) is 11.8 Å². The lowest BCUT2D eigenvalue weighted by Gasteiger charge is -2.24. The topological polar surface area (TPSA) is 183 Å². The number of carboxylic acid groups (broad SMARTS) is 1. The van der Waals surface area contributed by atoms with Crippen molar-refractivity contribution >= 4 is 30.1 Å². The molecule has 1 heterocycles. The Morgan fingerprint density at radius 1 is 1.11 bits per heavy atom. The van der Waals surface area contributed by atoms with Crippen molar-refractivity contribution in [3.05, 3.63) is 53.4 Å². The maximum atomic E-state index is 13.4. The third-order valence-electron chi connectivity index (χ3n) is 6.78. The van der Waals surface area contributed by atoms with Crippen LogP contribution in [0.5, 0.6) is 5.75 Å². The summed E-state index contributed by atoms with van der Waals surface area (Å²) in [5.74, 6) is -2.85. The van der Waals surface area contributed by atoms with Crippen molar-refractivity contribution in [1.29, 1.82) is 0 Å². The first-order valence-electron chi connectivity index (χ1n) is 14.5. The van der Waals surface area contributed by atoms with Crippen molar-refractivity contribution in [2.45, 2.75) is 65.3 Å². The molecule has 0 spiro atoms. The fourth-order valence-corrected chi connectivity index (χ4v) is 4.27. The molecule has 45 heavy (non-hydrogen) atoms. The van der Waals surface area contributed by atoms with E-state index < -0.39 is 54.6 Å². The summed E-state index contributed by atoms with van der Waals surface area (Å²) in [5.41, 5.74) is -0.616. The summed E-state index contributed by atoms with van der Waals surface area (Å²) in [6.07, 6.45) is 1.50. The molecule has 1 fully saturated rings. The van der Waals surface area contributed by atoms with Crippen molar-refractivity contribution < 1.29 is 48.3 Å². The molecule has 1 aromatic carbocycles. The van der Waals surface area contributed by atoms with Gasteiger partial charge in [0.1, 0.15) is 23.6 Å². The second-order valence-electron chi connectivity index (χ2n) is 11.9. The van der Waals surface area contributed by atoms with Crippen molar-refractivity contribution in [1.82, 2.24) is 15.6 Å². The largest absolute Gasteiger partial charge is 0.496 e. The average Bonchev–Trinajstić information content (AvgIpc) is 3.81. The van der Waals surface area contributed by atoms with E-state index in [4.69, 9.17) is 18.9 Å². The molecule has 1 amide bonds. The Kier molecular flexibility index (Phi) is 11.7. The van der Waals surface area contributed by atoms with Gasteiger partial charge in [-0.05, 0) is 69.7 Å². The summed E-state index contributed by atoms with van der Waals surface area (Å²) in [4.78, 5) is 55.0. The second-order valence-corrected chi connectivity index (χ2v) is 11.9. The zero-order valence-electron chi connectivity index (χ0n) is 26.3. The molecule has 3 rings (SSSR count). The van der Waals surface area contributed by atoms with Crippen LogP contribution in [0.2, 0.25) is 0 Å². The Morgan fingerprint density at radius 3 is 2.36 bits per heavy atom. The summed E-state index contributed by atoms with van der Waals surface area (Å²) in [5, 5.41) is 26.1. The number of carbonyl (C=O) groups excluding carboxylic acids is 3. The van der Waals surface area contributed by atoms with Gasteiger partial charge in [-0.25, -0.2) is 24.2 Å². The van der Waals surface area contributed by atoms with Crippen molar-refractivity contribution in [2.75, 3.05) is 20.4 Å². The highest BCUT2D eigenvalue weighted by Gasteiger charge is 2.30. The molecule has 4 N–H and O–H groups in total. The highest BCUT2D eigenvalue weighted by atomic mass is 16.7. The molecular weight excluding hydrogens is 586 g/mol. The third kappa shape index (κ3) is 9.75. The number of ether oxygens (including phenoxy) is 4. The number of esters is 2. The minimum atomic E-state index is -1.28. The normalized spacial score (nSPS) is 14.2. The number of amides is 1. The van der Waals surface area contributed by atoms with Gasteiger partial charge in [-0.1, -0.05) is 26.5 Å².